The summed E-state index contributed by atoms with van der Waals surface area (Å²) in [6, 6.07) is 4.63. The third kappa shape index (κ3) is 34.2. The van der Waals surface area contributed by atoms with Gasteiger partial charge in [-0.15, -0.1) is 0 Å². The van der Waals surface area contributed by atoms with E-state index < -0.39 is 48.4 Å². The number of hydrogen-bond acceptors (Lipinski definition) is 14. The van der Waals surface area contributed by atoms with Gasteiger partial charge in [-0.1, -0.05) is 58.3 Å². The van der Waals surface area contributed by atoms with Crippen molar-refractivity contribution in [3.63, 3.8) is 0 Å². The lowest BCUT2D eigenvalue weighted by molar-refractivity contribution is -0.143. The van der Waals surface area contributed by atoms with Gasteiger partial charge in [0.25, 0.3) is 0 Å². The molecule has 0 aliphatic carbocycles. The van der Waals surface area contributed by atoms with Gasteiger partial charge in [0, 0.05) is 52.3 Å². The summed E-state index contributed by atoms with van der Waals surface area (Å²) in [4.78, 5) is 95.4. The van der Waals surface area contributed by atoms with Crippen LogP contribution >= 0.6 is 0 Å². The van der Waals surface area contributed by atoms with Gasteiger partial charge in [-0.2, -0.15) is 0 Å². The topological polar surface area (TPSA) is 279 Å². The van der Waals surface area contributed by atoms with Crippen molar-refractivity contribution in [1.82, 2.24) is 16.0 Å². The Balaban J connectivity index is 1.96. The largest absolute Gasteiger partial charge is 0.494 e. The molecule has 1 rings (SSSR count). The van der Waals surface area contributed by atoms with Crippen LogP contribution in [0.5, 0.6) is 5.75 Å². The Morgan fingerprint density at radius 3 is 1.71 bits per heavy atom. The van der Waals surface area contributed by atoms with Crippen LogP contribution in [-0.4, -0.2) is 140 Å². The maximum atomic E-state index is 12.4. The molecule has 0 saturated heterocycles. The van der Waals surface area contributed by atoms with Crippen LogP contribution in [0.1, 0.15) is 152 Å². The van der Waals surface area contributed by atoms with E-state index in [4.69, 9.17) is 35.8 Å². The van der Waals surface area contributed by atoms with Crippen LogP contribution < -0.4 is 20.7 Å². The van der Waals surface area contributed by atoms with E-state index in [1.165, 1.54) is 12.1 Å². The van der Waals surface area contributed by atoms with Gasteiger partial charge >= 0.3 is 17.9 Å². The minimum atomic E-state index is -1.28. The molecule has 0 aliphatic heterocycles. The highest BCUT2D eigenvalue weighted by Gasteiger charge is 2.23. The molecule has 0 bridgehead atoms. The molecule has 0 spiro atoms. The number of carboxylic acids is 3. The zero-order chi connectivity index (χ0) is 50.9. The first-order valence-corrected chi connectivity index (χ1v) is 24.6. The van der Waals surface area contributed by atoms with Crippen molar-refractivity contribution in [2.24, 2.45) is 5.92 Å². The van der Waals surface area contributed by atoms with E-state index in [9.17, 15) is 48.6 Å². The zero-order valence-electron chi connectivity index (χ0n) is 40.7. The molecule has 0 fully saturated rings. The molecule has 1 aromatic rings. The van der Waals surface area contributed by atoms with Crippen LogP contribution in [0.4, 0.5) is 0 Å². The van der Waals surface area contributed by atoms with E-state index in [0.717, 1.165) is 51.4 Å². The standard InChI is InChI=1S/C50H79N3O16/c1-3-15-43(51-2)45(56)27-22-38(48(59)60)16-10-9-12-18-41(55)23-26-44(50(63)64)53-47(58)37-68-35-33-66-31-28-52-46(57)36-67-34-32-65-29-14-19-40(54)17-11-7-5-4-6-8-13-30-69-42-24-20-39(21-25-42)49(61)62/h2,20-21,24-25,38,43-44,51H,3-19,22-23,26-37H2,1H3,(H,52,57)(H,53,58)(H,59,60)(H,61,62)(H,63,64)/t38-,43+,44+/m1/s1. The van der Waals surface area contributed by atoms with Gasteiger partial charge in [0.2, 0.25) is 11.8 Å². The van der Waals surface area contributed by atoms with Crippen LogP contribution in [-0.2, 0) is 52.5 Å². The second-order valence-corrected chi connectivity index (χ2v) is 16.9. The van der Waals surface area contributed by atoms with Crippen LogP contribution in [0, 0.1) is 13.0 Å². The number of ketones is 3. The van der Waals surface area contributed by atoms with Gasteiger partial charge in [-0.3, -0.25) is 28.8 Å². The first-order valence-electron chi connectivity index (χ1n) is 24.6. The lowest BCUT2D eigenvalue weighted by atomic mass is 9.92. The highest BCUT2D eigenvalue weighted by molar-refractivity contribution is 5.88. The van der Waals surface area contributed by atoms with Crippen LogP contribution in [0.2, 0.25) is 0 Å². The summed E-state index contributed by atoms with van der Waals surface area (Å²) in [5.41, 5.74) is 0.235. The molecule has 2 radical (unpaired) electrons. The Hall–Kier alpha value is -4.82. The van der Waals surface area contributed by atoms with Crippen molar-refractivity contribution < 1.29 is 77.4 Å². The van der Waals surface area contributed by atoms with Gasteiger partial charge in [0.1, 0.15) is 42.4 Å². The molecular weight excluding hydrogens is 899 g/mol. The average molecular weight is 978 g/mol. The van der Waals surface area contributed by atoms with Gasteiger partial charge in [0.15, 0.2) is 0 Å². The number of carbonyl (C=O) groups is 8. The van der Waals surface area contributed by atoms with Crippen molar-refractivity contribution in [3.05, 3.63) is 36.9 Å². The number of unbranched alkanes of at least 4 members (excludes halogenated alkanes) is 8. The van der Waals surface area contributed by atoms with Crippen LogP contribution in [0.25, 0.3) is 0 Å². The van der Waals surface area contributed by atoms with E-state index in [0.29, 0.717) is 76.9 Å². The number of benzene rings is 1. The normalized spacial score (nSPS) is 12.4. The van der Waals surface area contributed by atoms with E-state index in [1.54, 1.807) is 12.1 Å². The molecule has 69 heavy (non-hydrogen) atoms. The number of rotatable bonds is 48. The van der Waals surface area contributed by atoms with E-state index in [-0.39, 0.29) is 101 Å². The molecule has 6 N–H and O–H groups in total. The lowest BCUT2D eigenvalue weighted by Gasteiger charge is -2.16. The summed E-state index contributed by atoms with van der Waals surface area (Å²) < 4.78 is 27.1. The van der Waals surface area contributed by atoms with Crippen LogP contribution in [0.3, 0.4) is 0 Å². The predicted molar refractivity (Wildman–Crippen MR) is 255 cm³/mol. The number of amides is 2. The van der Waals surface area contributed by atoms with Gasteiger partial charge < -0.3 is 55.0 Å². The second-order valence-electron chi connectivity index (χ2n) is 16.9. The van der Waals surface area contributed by atoms with Gasteiger partial charge in [0.05, 0.1) is 57.2 Å². The third-order valence-electron chi connectivity index (χ3n) is 11.1. The van der Waals surface area contributed by atoms with Crippen LogP contribution in [0.15, 0.2) is 24.3 Å². The molecule has 0 heterocycles. The fourth-order valence-electron chi connectivity index (χ4n) is 7.09. The monoisotopic (exact) mass is 978 g/mol. The number of carbonyl (C=O) groups excluding carboxylic acids is 5. The zero-order valence-corrected chi connectivity index (χ0v) is 40.7. The Morgan fingerprint density at radius 1 is 0.536 bits per heavy atom. The molecule has 390 valence electrons. The number of ether oxygens (including phenoxy) is 5. The van der Waals surface area contributed by atoms with Crippen molar-refractivity contribution in [1.29, 1.82) is 0 Å². The Labute approximate surface area is 407 Å². The number of aromatic carboxylic acids is 1. The molecule has 19 nitrogen and oxygen atoms in total. The molecular formula is C50H79N3O16. The van der Waals surface area contributed by atoms with E-state index in [2.05, 4.69) is 16.0 Å². The number of Topliss-reactive ketones (excluding diaryl/α,β-unsaturated/α-hetero) is 3. The van der Waals surface area contributed by atoms with Crippen molar-refractivity contribution in [3.8, 4) is 5.75 Å². The summed E-state index contributed by atoms with van der Waals surface area (Å²) in [6.07, 6.45) is 12.6. The van der Waals surface area contributed by atoms with Gasteiger partial charge in [-0.05, 0) is 75.6 Å². The highest BCUT2D eigenvalue weighted by Crippen LogP contribution is 2.19. The number of aliphatic carboxylic acids is 2. The SMILES string of the molecule is [CH]N[C@@H](CCC)C(=O)CC[C@@H](CCCCCC(=O)CC[C@H](NC(=O)COCCOCCNC(=O)COCCOCCCC(=O)CCCCCCCCCOc1ccc(C(=O)O)cc1)C(=O)O)C(=O)O. The summed E-state index contributed by atoms with van der Waals surface area (Å²) in [6.45, 7) is 3.50. The number of hydrogen-bond donors (Lipinski definition) is 6. The van der Waals surface area contributed by atoms with Crippen molar-refractivity contribution >= 4 is 47.1 Å². The molecule has 0 saturated carbocycles. The molecule has 0 aliphatic rings. The summed E-state index contributed by atoms with van der Waals surface area (Å²) in [7, 11) is 5.43. The predicted octanol–water partition coefficient (Wildman–Crippen LogP) is 5.76. The van der Waals surface area contributed by atoms with Crippen molar-refractivity contribution in [2.75, 3.05) is 66.0 Å². The van der Waals surface area contributed by atoms with E-state index in [1.807, 2.05) is 6.92 Å². The summed E-state index contributed by atoms with van der Waals surface area (Å²) in [5.74, 6) is -4.26. The quantitative estimate of drug-likeness (QED) is 0.0334. The Morgan fingerprint density at radius 2 is 1.10 bits per heavy atom. The summed E-state index contributed by atoms with van der Waals surface area (Å²) >= 11 is 0. The van der Waals surface area contributed by atoms with Gasteiger partial charge in [-0.25, -0.2) is 9.59 Å². The maximum Gasteiger partial charge on any atom is 0.335 e. The first kappa shape index (κ1) is 62.2. The minimum Gasteiger partial charge on any atom is -0.494 e. The highest BCUT2D eigenvalue weighted by atomic mass is 16.5. The second kappa shape index (κ2) is 41.0. The number of nitrogens with one attached hydrogen (secondary N) is 3. The molecule has 19 heteroatoms. The Bertz CT molecular complexity index is 1630. The molecule has 3 atom stereocenters. The fraction of sp³-hybridized carbons (Fsp3) is 0.700. The molecule has 0 unspecified atom stereocenters. The number of carboxylic acid groups (broad SMARTS) is 3. The molecule has 1 aromatic carbocycles. The molecule has 0 aromatic heterocycles. The fourth-order valence-corrected chi connectivity index (χ4v) is 7.09. The van der Waals surface area contributed by atoms with E-state index >= 15 is 0 Å². The minimum absolute atomic E-state index is 0.0451. The molecule has 2 amide bonds. The summed E-state index contributed by atoms with van der Waals surface area (Å²) in [5, 5.41) is 35.5. The third-order valence-corrected chi connectivity index (χ3v) is 11.1. The Kier molecular flexibility index (Phi) is 37.0. The smallest absolute Gasteiger partial charge is 0.335 e. The van der Waals surface area contributed by atoms with Crippen molar-refractivity contribution in [2.45, 2.75) is 154 Å². The maximum absolute atomic E-state index is 12.4. The lowest BCUT2D eigenvalue weighted by Crippen LogP contribution is -2.42. The first-order chi connectivity index (χ1) is 33.3. The average Bonchev–Trinajstić information content (AvgIpc) is 3.32.